The van der Waals surface area contributed by atoms with Crippen LogP contribution >= 0.6 is 11.3 Å². The highest BCUT2D eigenvalue weighted by Crippen LogP contribution is 2.41. The Morgan fingerprint density at radius 2 is 1.12 bits per heavy atom. The van der Waals surface area contributed by atoms with Gasteiger partial charge in [0.15, 0.2) is 11.6 Å². The molecule has 3 nitrogen and oxygen atoms in total. The van der Waals surface area contributed by atoms with Gasteiger partial charge >= 0.3 is 0 Å². The van der Waals surface area contributed by atoms with E-state index in [1.54, 1.807) is 11.3 Å². The lowest BCUT2D eigenvalue weighted by atomic mass is 10.0. The van der Waals surface area contributed by atoms with Crippen LogP contribution in [0.2, 0.25) is 0 Å². The van der Waals surface area contributed by atoms with E-state index in [1.807, 2.05) is 6.07 Å². The van der Waals surface area contributed by atoms with Crippen LogP contribution in [0, 0.1) is 0 Å². The minimum atomic E-state index is 0.732. The van der Waals surface area contributed by atoms with Crippen LogP contribution in [-0.2, 0) is 0 Å². The monoisotopic (exact) mass is 553 g/mol. The zero-order chi connectivity index (χ0) is 27.6. The second-order valence-electron chi connectivity index (χ2n) is 10.7. The maximum absolute atomic E-state index is 5.38. The van der Waals surface area contributed by atoms with Crippen LogP contribution in [0.25, 0.3) is 81.2 Å². The zero-order valence-electron chi connectivity index (χ0n) is 22.5. The molecule has 3 aromatic heterocycles. The summed E-state index contributed by atoms with van der Waals surface area (Å²) in [4.78, 5) is 11.5. The predicted octanol–water partition coefficient (Wildman–Crippen LogP) is 10.4. The Kier molecular flexibility index (Phi) is 5.07. The van der Waals surface area contributed by atoms with Gasteiger partial charge in [0.05, 0.1) is 16.4 Å². The van der Waals surface area contributed by atoms with E-state index in [9.17, 15) is 0 Å². The lowest BCUT2D eigenvalue weighted by Crippen LogP contribution is -2.01. The standard InChI is InChI=1S/C38H23N3S/c1-2-10-24(11-3-1)25-18-20-26(21-19-25)36-39-37(35-30-15-7-9-17-34(30)42-38(35)40-36)41-32-16-8-6-14-29(32)31-22-27-12-4-5-13-28(27)23-33(31)41/h1-23H. The first kappa shape index (κ1) is 23.4. The molecule has 4 heteroatoms. The number of benzene rings is 6. The highest BCUT2D eigenvalue weighted by Gasteiger charge is 2.21. The quantitative estimate of drug-likeness (QED) is 0.218. The highest BCUT2D eigenvalue weighted by atomic mass is 32.1. The van der Waals surface area contributed by atoms with E-state index in [1.165, 1.54) is 42.8 Å². The number of hydrogen-bond donors (Lipinski definition) is 0. The van der Waals surface area contributed by atoms with Crippen LogP contribution in [-0.4, -0.2) is 14.5 Å². The van der Waals surface area contributed by atoms with E-state index in [0.717, 1.165) is 38.5 Å². The van der Waals surface area contributed by atoms with E-state index < -0.39 is 0 Å². The van der Waals surface area contributed by atoms with Gasteiger partial charge in [0.25, 0.3) is 0 Å². The van der Waals surface area contributed by atoms with E-state index in [0.29, 0.717) is 0 Å². The first-order valence-corrected chi connectivity index (χ1v) is 14.9. The Labute approximate surface area is 246 Å². The SMILES string of the molecule is c1ccc(-c2ccc(-c3nc(-n4c5ccccc5c5cc6ccccc6cc54)c4c(n3)sc3ccccc34)cc2)cc1. The summed E-state index contributed by atoms with van der Waals surface area (Å²) in [5, 5.41) is 7.18. The maximum atomic E-state index is 5.38. The topological polar surface area (TPSA) is 30.7 Å². The highest BCUT2D eigenvalue weighted by molar-refractivity contribution is 7.25. The molecule has 196 valence electrons. The molecule has 9 rings (SSSR count). The molecule has 0 radical (unpaired) electrons. The summed E-state index contributed by atoms with van der Waals surface area (Å²) in [6.07, 6.45) is 0. The third kappa shape index (κ3) is 3.52. The normalized spacial score (nSPS) is 11.8. The maximum Gasteiger partial charge on any atom is 0.163 e. The van der Waals surface area contributed by atoms with Crippen molar-refractivity contribution in [3.8, 4) is 28.3 Å². The summed E-state index contributed by atoms with van der Waals surface area (Å²) in [5.41, 5.74) is 5.67. The van der Waals surface area contributed by atoms with Crippen molar-refractivity contribution in [2.24, 2.45) is 0 Å². The number of hydrogen-bond acceptors (Lipinski definition) is 3. The fourth-order valence-corrected chi connectivity index (χ4v) is 7.29. The molecule has 0 aliphatic heterocycles. The number of thiophene rings is 1. The largest absolute Gasteiger partial charge is 0.293 e. The van der Waals surface area contributed by atoms with Crippen molar-refractivity contribution in [1.29, 1.82) is 0 Å². The summed E-state index contributed by atoms with van der Waals surface area (Å²) in [5.74, 6) is 1.65. The van der Waals surface area contributed by atoms with Crippen LogP contribution in [0.3, 0.4) is 0 Å². The van der Waals surface area contributed by atoms with Gasteiger partial charge in [-0.3, -0.25) is 4.57 Å². The number of fused-ring (bicyclic) bond motifs is 7. The molecular formula is C38H23N3S. The molecule has 3 heterocycles. The van der Waals surface area contributed by atoms with Crippen molar-refractivity contribution in [1.82, 2.24) is 14.5 Å². The van der Waals surface area contributed by atoms with Gasteiger partial charge in [-0.15, -0.1) is 11.3 Å². The number of aromatic nitrogens is 3. The average Bonchev–Trinajstić information content (AvgIpc) is 3.59. The Hall–Kier alpha value is -5.32. The van der Waals surface area contributed by atoms with Gasteiger partial charge in [-0.1, -0.05) is 115 Å². The molecule has 0 bridgehead atoms. The Morgan fingerprint density at radius 1 is 0.476 bits per heavy atom. The van der Waals surface area contributed by atoms with Crippen molar-refractivity contribution in [3.63, 3.8) is 0 Å². The summed E-state index contributed by atoms with van der Waals surface area (Å²) in [7, 11) is 0. The molecule has 9 aromatic rings. The van der Waals surface area contributed by atoms with Crippen LogP contribution in [0.4, 0.5) is 0 Å². The molecule has 0 N–H and O–H groups in total. The zero-order valence-corrected chi connectivity index (χ0v) is 23.3. The number of rotatable bonds is 3. The van der Waals surface area contributed by atoms with Crippen LogP contribution in [0.15, 0.2) is 140 Å². The fraction of sp³-hybridized carbons (Fsp3) is 0. The van der Waals surface area contributed by atoms with Gasteiger partial charge in [0.2, 0.25) is 0 Å². The lowest BCUT2D eigenvalue weighted by molar-refractivity contribution is 1.08. The summed E-state index contributed by atoms with van der Waals surface area (Å²) >= 11 is 1.73. The Morgan fingerprint density at radius 3 is 1.95 bits per heavy atom. The van der Waals surface area contributed by atoms with Crippen molar-refractivity contribution in [2.75, 3.05) is 0 Å². The Balaban J connectivity index is 1.37. The van der Waals surface area contributed by atoms with Crippen LogP contribution in [0.1, 0.15) is 0 Å². The fourth-order valence-electron chi connectivity index (χ4n) is 6.22. The lowest BCUT2D eigenvalue weighted by Gasteiger charge is -2.12. The van der Waals surface area contributed by atoms with Gasteiger partial charge < -0.3 is 0 Å². The minimum Gasteiger partial charge on any atom is -0.293 e. The molecule has 0 unspecified atom stereocenters. The molecule has 0 saturated carbocycles. The van der Waals surface area contributed by atoms with Crippen molar-refractivity contribution in [2.45, 2.75) is 0 Å². The van der Waals surface area contributed by atoms with Gasteiger partial charge in [-0.05, 0) is 46.2 Å². The van der Waals surface area contributed by atoms with Gasteiger partial charge in [-0.2, -0.15) is 0 Å². The Bertz CT molecular complexity index is 2450. The molecule has 0 amide bonds. The van der Waals surface area contributed by atoms with Gasteiger partial charge in [-0.25, -0.2) is 9.97 Å². The average molecular weight is 554 g/mol. The van der Waals surface area contributed by atoms with E-state index in [2.05, 4.69) is 138 Å². The second kappa shape index (κ2) is 9.10. The van der Waals surface area contributed by atoms with Gasteiger partial charge in [0.1, 0.15) is 4.83 Å². The van der Waals surface area contributed by atoms with Gasteiger partial charge in [0, 0.05) is 26.4 Å². The van der Waals surface area contributed by atoms with Crippen molar-refractivity contribution >= 4 is 64.2 Å². The first-order chi connectivity index (χ1) is 20.8. The molecular weight excluding hydrogens is 531 g/mol. The van der Waals surface area contributed by atoms with Crippen molar-refractivity contribution < 1.29 is 0 Å². The first-order valence-electron chi connectivity index (χ1n) is 14.1. The second-order valence-corrected chi connectivity index (χ2v) is 11.7. The van der Waals surface area contributed by atoms with Crippen LogP contribution in [0.5, 0.6) is 0 Å². The molecule has 0 aliphatic carbocycles. The summed E-state index contributed by atoms with van der Waals surface area (Å²) in [6, 6.07) is 49.5. The predicted molar refractivity (Wildman–Crippen MR) is 178 cm³/mol. The molecule has 6 aromatic carbocycles. The molecule has 0 fully saturated rings. The minimum absolute atomic E-state index is 0.732. The number of nitrogens with zero attached hydrogens (tertiary/aromatic N) is 3. The van der Waals surface area contributed by atoms with Crippen molar-refractivity contribution in [3.05, 3.63) is 140 Å². The molecule has 0 aliphatic rings. The number of para-hydroxylation sites is 1. The third-order valence-corrected chi connectivity index (χ3v) is 9.29. The van der Waals surface area contributed by atoms with E-state index in [-0.39, 0.29) is 0 Å². The smallest absolute Gasteiger partial charge is 0.163 e. The van der Waals surface area contributed by atoms with E-state index >= 15 is 0 Å². The van der Waals surface area contributed by atoms with Crippen LogP contribution < -0.4 is 0 Å². The molecule has 0 atom stereocenters. The molecule has 0 saturated heterocycles. The van der Waals surface area contributed by atoms with E-state index in [4.69, 9.17) is 9.97 Å². The summed E-state index contributed by atoms with van der Waals surface area (Å²) in [6.45, 7) is 0. The molecule has 0 spiro atoms. The molecule has 42 heavy (non-hydrogen) atoms. The third-order valence-electron chi connectivity index (χ3n) is 8.22. The summed E-state index contributed by atoms with van der Waals surface area (Å²) < 4.78 is 3.56.